The molecule has 4 aromatic rings. The summed E-state index contributed by atoms with van der Waals surface area (Å²) in [6.07, 6.45) is 3.45. The van der Waals surface area contributed by atoms with E-state index >= 15 is 0 Å². The summed E-state index contributed by atoms with van der Waals surface area (Å²) in [5.41, 5.74) is 5.11. The van der Waals surface area contributed by atoms with Crippen molar-refractivity contribution in [3.8, 4) is 22.7 Å². The van der Waals surface area contributed by atoms with Crippen molar-refractivity contribution in [1.82, 2.24) is 14.5 Å². The molecule has 0 aliphatic heterocycles. The lowest BCUT2D eigenvalue weighted by molar-refractivity contribution is -0.116. The Morgan fingerprint density at radius 3 is 2.39 bits per heavy atom. The fraction of sp³-hybridized carbons (Fsp3) is 0.167. The number of anilines is 1. The first-order valence-corrected chi connectivity index (χ1v) is 12.4. The van der Waals surface area contributed by atoms with Gasteiger partial charge in [-0.1, -0.05) is 35.9 Å². The van der Waals surface area contributed by atoms with Crippen molar-refractivity contribution in [2.75, 3.05) is 25.5 Å². The van der Waals surface area contributed by atoms with Gasteiger partial charge in [-0.05, 0) is 73.5 Å². The molecule has 0 aliphatic rings. The maximum atomic E-state index is 13.2. The van der Waals surface area contributed by atoms with E-state index < -0.39 is 0 Å². The quantitative estimate of drug-likeness (QED) is 0.267. The molecule has 38 heavy (non-hydrogen) atoms. The lowest BCUT2D eigenvalue weighted by Gasteiger charge is -2.21. The molecule has 0 unspecified atom stereocenters. The summed E-state index contributed by atoms with van der Waals surface area (Å²) in [5, 5.41) is 3.52. The predicted octanol–water partition coefficient (Wildman–Crippen LogP) is 6.09. The molecule has 1 aromatic heterocycles. The Hall–Kier alpha value is -4.36. The van der Waals surface area contributed by atoms with Crippen molar-refractivity contribution in [2.45, 2.75) is 13.8 Å². The molecule has 0 saturated heterocycles. The zero-order valence-corrected chi connectivity index (χ0v) is 22.3. The summed E-state index contributed by atoms with van der Waals surface area (Å²) in [5.74, 6) is 0.317. The first-order chi connectivity index (χ1) is 18.3. The second-order valence-electron chi connectivity index (χ2n) is 8.85. The Labute approximate surface area is 227 Å². The van der Waals surface area contributed by atoms with Gasteiger partial charge < -0.3 is 9.64 Å². The zero-order valence-electron chi connectivity index (χ0n) is 21.6. The Morgan fingerprint density at radius 1 is 1.05 bits per heavy atom. The van der Waals surface area contributed by atoms with Gasteiger partial charge in [-0.3, -0.25) is 19.5 Å². The molecule has 0 aliphatic carbocycles. The van der Waals surface area contributed by atoms with Crippen LogP contribution in [0.3, 0.4) is 0 Å². The molecule has 0 radical (unpaired) electrons. The van der Waals surface area contributed by atoms with Gasteiger partial charge in [0.05, 0.1) is 12.8 Å². The number of carbonyl (C=O) groups excluding carboxylic acids is 2. The van der Waals surface area contributed by atoms with Gasteiger partial charge in [-0.15, -0.1) is 6.58 Å². The predicted molar refractivity (Wildman–Crippen MR) is 151 cm³/mol. The smallest absolute Gasteiger partial charge is 0.254 e. The molecule has 0 fully saturated rings. The van der Waals surface area contributed by atoms with Gasteiger partial charge in [0.25, 0.3) is 5.91 Å². The maximum Gasteiger partial charge on any atom is 0.254 e. The minimum absolute atomic E-state index is 0.174. The summed E-state index contributed by atoms with van der Waals surface area (Å²) in [7, 11) is 1.56. The number of rotatable bonds is 9. The normalized spacial score (nSPS) is 10.6. The van der Waals surface area contributed by atoms with Crippen molar-refractivity contribution >= 4 is 29.4 Å². The second kappa shape index (κ2) is 11.8. The highest BCUT2D eigenvalue weighted by Gasteiger charge is 2.20. The molecule has 0 atom stereocenters. The molecule has 0 saturated carbocycles. The monoisotopic (exact) mass is 528 g/mol. The van der Waals surface area contributed by atoms with Gasteiger partial charge >= 0.3 is 0 Å². The highest BCUT2D eigenvalue weighted by atomic mass is 35.5. The van der Waals surface area contributed by atoms with Crippen LogP contribution in [-0.4, -0.2) is 46.5 Å². The van der Waals surface area contributed by atoms with E-state index in [0.717, 1.165) is 22.4 Å². The molecule has 2 amide bonds. The van der Waals surface area contributed by atoms with Crippen molar-refractivity contribution in [1.29, 1.82) is 0 Å². The molecular formula is C30H29ClN4O3. The molecule has 1 heterocycles. The number of imidazole rings is 1. The van der Waals surface area contributed by atoms with Crippen LogP contribution in [0.25, 0.3) is 16.9 Å². The molecule has 1 N–H and O–H groups in total. The number of amides is 2. The Balaban J connectivity index is 1.62. The first-order valence-electron chi connectivity index (χ1n) is 12.1. The summed E-state index contributed by atoms with van der Waals surface area (Å²) in [4.78, 5) is 32.4. The second-order valence-corrected chi connectivity index (χ2v) is 9.28. The lowest BCUT2D eigenvalue weighted by atomic mass is 10.1. The molecule has 3 aromatic carbocycles. The molecular weight excluding hydrogens is 500 g/mol. The van der Waals surface area contributed by atoms with Crippen LogP contribution in [-0.2, 0) is 4.79 Å². The van der Waals surface area contributed by atoms with Crippen LogP contribution >= 0.6 is 11.6 Å². The van der Waals surface area contributed by atoms with E-state index in [1.165, 1.54) is 4.90 Å². The average molecular weight is 529 g/mol. The summed E-state index contributed by atoms with van der Waals surface area (Å²) >= 11 is 6.06. The van der Waals surface area contributed by atoms with Crippen LogP contribution in [0.1, 0.15) is 21.5 Å². The minimum Gasteiger partial charge on any atom is -0.497 e. The number of methoxy groups -OCH3 is 1. The van der Waals surface area contributed by atoms with Gasteiger partial charge in [0.2, 0.25) is 11.9 Å². The Bertz CT molecular complexity index is 1460. The highest BCUT2D eigenvalue weighted by Crippen LogP contribution is 2.26. The number of hydrogen-bond acceptors (Lipinski definition) is 4. The Morgan fingerprint density at radius 2 is 1.76 bits per heavy atom. The summed E-state index contributed by atoms with van der Waals surface area (Å²) in [6.45, 7) is 7.85. The van der Waals surface area contributed by atoms with Gasteiger partial charge in [-0.25, -0.2) is 4.98 Å². The number of nitrogens with zero attached hydrogens (tertiary/aromatic N) is 3. The number of carbonyl (C=O) groups is 2. The number of aryl methyl sites for hydroxylation is 2. The zero-order chi connectivity index (χ0) is 27.2. The van der Waals surface area contributed by atoms with Gasteiger partial charge in [0, 0.05) is 34.6 Å². The average Bonchev–Trinajstić information content (AvgIpc) is 3.33. The largest absolute Gasteiger partial charge is 0.497 e. The molecule has 7 nitrogen and oxygen atoms in total. The van der Waals surface area contributed by atoms with Crippen LogP contribution < -0.4 is 10.1 Å². The fourth-order valence-corrected chi connectivity index (χ4v) is 4.06. The number of hydrogen-bond donors (Lipinski definition) is 1. The minimum atomic E-state index is -0.382. The highest BCUT2D eigenvalue weighted by molar-refractivity contribution is 6.30. The van der Waals surface area contributed by atoms with Crippen LogP contribution in [0.5, 0.6) is 5.75 Å². The summed E-state index contributed by atoms with van der Waals surface area (Å²) in [6, 6.07) is 20.1. The van der Waals surface area contributed by atoms with Crippen LogP contribution in [0.4, 0.5) is 5.95 Å². The SMILES string of the molecule is C=CCN(CC(=O)Nc1nc(-c2ccc(Cl)cc2)cn1-c1ccc(C)c(C)c1)C(=O)c1ccc(OC)cc1. The first kappa shape index (κ1) is 26.7. The topological polar surface area (TPSA) is 76.5 Å². The van der Waals surface area contributed by atoms with Crippen LogP contribution in [0.2, 0.25) is 5.02 Å². The van der Waals surface area contributed by atoms with Crippen molar-refractivity contribution in [2.24, 2.45) is 0 Å². The van der Waals surface area contributed by atoms with E-state index in [1.54, 1.807) is 49.6 Å². The molecule has 0 spiro atoms. The third-order valence-electron chi connectivity index (χ3n) is 6.17. The number of nitrogens with one attached hydrogen (secondary N) is 1. The number of halogens is 1. The number of benzene rings is 3. The van der Waals surface area contributed by atoms with Gasteiger partial charge in [0.15, 0.2) is 0 Å². The lowest BCUT2D eigenvalue weighted by Crippen LogP contribution is -2.38. The van der Waals surface area contributed by atoms with Gasteiger partial charge in [-0.2, -0.15) is 0 Å². The van der Waals surface area contributed by atoms with Crippen molar-refractivity contribution in [3.05, 3.63) is 107 Å². The molecule has 0 bridgehead atoms. The van der Waals surface area contributed by atoms with E-state index in [4.69, 9.17) is 21.3 Å². The van der Waals surface area contributed by atoms with Crippen LogP contribution in [0, 0.1) is 13.8 Å². The van der Waals surface area contributed by atoms with Gasteiger partial charge in [0.1, 0.15) is 12.3 Å². The molecule has 194 valence electrons. The van der Waals surface area contributed by atoms with E-state index in [1.807, 2.05) is 54.9 Å². The van der Waals surface area contributed by atoms with E-state index in [2.05, 4.69) is 11.9 Å². The van der Waals surface area contributed by atoms with Crippen LogP contribution in [0.15, 0.2) is 85.6 Å². The van der Waals surface area contributed by atoms with E-state index in [-0.39, 0.29) is 24.9 Å². The Kier molecular flexibility index (Phi) is 8.28. The number of aromatic nitrogens is 2. The van der Waals surface area contributed by atoms with E-state index in [0.29, 0.717) is 28.0 Å². The maximum absolute atomic E-state index is 13.2. The van der Waals surface area contributed by atoms with E-state index in [9.17, 15) is 9.59 Å². The van der Waals surface area contributed by atoms with Crippen molar-refractivity contribution < 1.29 is 14.3 Å². The van der Waals surface area contributed by atoms with Crippen molar-refractivity contribution in [3.63, 3.8) is 0 Å². The third-order valence-corrected chi connectivity index (χ3v) is 6.43. The number of ether oxygens (including phenoxy) is 1. The summed E-state index contributed by atoms with van der Waals surface area (Å²) < 4.78 is 7.00. The molecule has 4 rings (SSSR count). The molecule has 8 heteroatoms. The fourth-order valence-electron chi connectivity index (χ4n) is 3.93. The third kappa shape index (κ3) is 6.12. The standard InChI is InChI=1S/C30H29ClN4O3/c1-5-16-34(29(37)23-9-14-26(38-4)15-10-23)19-28(36)33-30-32-27(22-7-11-24(31)12-8-22)18-35(30)25-13-6-20(2)21(3)17-25/h5-15,17-18H,1,16,19H2,2-4H3,(H,32,33,36).